The van der Waals surface area contributed by atoms with E-state index < -0.39 is 0 Å². The van der Waals surface area contributed by atoms with Gasteiger partial charge < -0.3 is 10.2 Å². The highest BCUT2D eigenvalue weighted by atomic mass is 16.2. The topological polar surface area (TPSA) is 87.2 Å². The van der Waals surface area contributed by atoms with Gasteiger partial charge in [-0.05, 0) is 12.8 Å². The standard InChI is InChI=1S/C12H15N5O2/c18-10-6-17(7-11(19)16-10)12-14-4-8(5-15-12)3-13-9-1-2-9/h4-5,9,13H,1-3,6-7H2,(H,16,18,19). The third kappa shape index (κ3) is 3.05. The molecule has 0 aromatic carbocycles. The highest BCUT2D eigenvalue weighted by Gasteiger charge is 2.24. The van der Waals surface area contributed by atoms with Crippen molar-refractivity contribution in [2.45, 2.75) is 25.4 Å². The number of carbonyl (C=O) groups is 2. The van der Waals surface area contributed by atoms with Crippen molar-refractivity contribution in [3.63, 3.8) is 0 Å². The van der Waals surface area contributed by atoms with Crippen LogP contribution in [0.1, 0.15) is 18.4 Å². The monoisotopic (exact) mass is 261 g/mol. The van der Waals surface area contributed by atoms with Gasteiger partial charge in [-0.2, -0.15) is 0 Å². The minimum Gasteiger partial charge on any atom is -0.322 e. The molecule has 1 saturated carbocycles. The number of amides is 2. The zero-order valence-electron chi connectivity index (χ0n) is 10.4. The van der Waals surface area contributed by atoms with E-state index in [1.54, 1.807) is 17.3 Å². The van der Waals surface area contributed by atoms with Crippen molar-refractivity contribution >= 4 is 17.8 Å². The van der Waals surface area contributed by atoms with E-state index in [9.17, 15) is 9.59 Å². The Hall–Kier alpha value is -2.02. The predicted molar refractivity (Wildman–Crippen MR) is 67.3 cm³/mol. The normalized spacial score (nSPS) is 19.5. The lowest BCUT2D eigenvalue weighted by Gasteiger charge is -2.25. The first-order chi connectivity index (χ1) is 9.20. The van der Waals surface area contributed by atoms with Gasteiger partial charge in [0.05, 0.1) is 0 Å². The molecule has 7 heteroatoms. The minimum absolute atomic E-state index is 0.116. The van der Waals surface area contributed by atoms with E-state index in [4.69, 9.17) is 0 Å². The zero-order valence-corrected chi connectivity index (χ0v) is 10.4. The number of carbonyl (C=O) groups excluding carboxylic acids is 2. The van der Waals surface area contributed by atoms with Gasteiger partial charge in [0.15, 0.2) is 0 Å². The van der Waals surface area contributed by atoms with Crippen LogP contribution in [0.3, 0.4) is 0 Å². The molecule has 2 aliphatic rings. The van der Waals surface area contributed by atoms with Gasteiger partial charge in [-0.15, -0.1) is 0 Å². The van der Waals surface area contributed by atoms with Gasteiger partial charge >= 0.3 is 0 Å². The Morgan fingerprint density at radius 1 is 1.21 bits per heavy atom. The maximum atomic E-state index is 11.3. The number of anilines is 1. The molecule has 0 radical (unpaired) electrons. The summed E-state index contributed by atoms with van der Waals surface area (Å²) >= 11 is 0. The van der Waals surface area contributed by atoms with E-state index in [0.717, 1.165) is 12.1 Å². The van der Waals surface area contributed by atoms with Crippen LogP contribution in [0.4, 0.5) is 5.95 Å². The van der Waals surface area contributed by atoms with E-state index in [2.05, 4.69) is 20.6 Å². The number of hydrogen-bond acceptors (Lipinski definition) is 6. The molecule has 2 N–H and O–H groups in total. The maximum absolute atomic E-state index is 11.3. The fraction of sp³-hybridized carbons (Fsp3) is 0.500. The van der Waals surface area contributed by atoms with Gasteiger partial charge in [0.2, 0.25) is 17.8 Å². The molecule has 0 unspecified atom stereocenters. The van der Waals surface area contributed by atoms with Crippen molar-refractivity contribution in [1.82, 2.24) is 20.6 Å². The molecule has 2 amide bonds. The molecule has 0 spiro atoms. The second kappa shape index (κ2) is 4.93. The molecule has 2 heterocycles. The summed E-state index contributed by atoms with van der Waals surface area (Å²) in [4.78, 5) is 32.5. The average Bonchev–Trinajstić information content (AvgIpc) is 3.20. The molecule has 3 rings (SSSR count). The van der Waals surface area contributed by atoms with Gasteiger partial charge in [0.1, 0.15) is 13.1 Å². The first kappa shape index (κ1) is 12.0. The molecule has 2 fully saturated rings. The number of nitrogens with zero attached hydrogens (tertiary/aromatic N) is 3. The second-order valence-electron chi connectivity index (χ2n) is 4.87. The Balaban J connectivity index is 1.63. The summed E-state index contributed by atoms with van der Waals surface area (Å²) in [5, 5.41) is 5.62. The van der Waals surface area contributed by atoms with Gasteiger partial charge in [0.25, 0.3) is 0 Å². The lowest BCUT2D eigenvalue weighted by molar-refractivity contribution is -0.130. The number of hydrogen-bond donors (Lipinski definition) is 2. The lowest BCUT2D eigenvalue weighted by Crippen LogP contribution is -2.52. The Morgan fingerprint density at radius 2 is 1.84 bits per heavy atom. The molecule has 0 bridgehead atoms. The van der Waals surface area contributed by atoms with E-state index >= 15 is 0 Å². The molecule has 1 aromatic heterocycles. The quantitative estimate of drug-likeness (QED) is 0.689. The van der Waals surface area contributed by atoms with Crippen LogP contribution in [-0.2, 0) is 16.1 Å². The van der Waals surface area contributed by atoms with E-state index in [1.165, 1.54) is 12.8 Å². The van der Waals surface area contributed by atoms with Crippen LogP contribution in [0.2, 0.25) is 0 Å². The van der Waals surface area contributed by atoms with Crippen LogP contribution in [0.15, 0.2) is 12.4 Å². The first-order valence-corrected chi connectivity index (χ1v) is 6.32. The summed E-state index contributed by atoms with van der Waals surface area (Å²) in [6.45, 7) is 0.987. The Labute approximate surface area is 110 Å². The predicted octanol–water partition coefficient (Wildman–Crippen LogP) is -0.809. The van der Waals surface area contributed by atoms with Crippen molar-refractivity contribution in [2.24, 2.45) is 0 Å². The fourth-order valence-corrected chi connectivity index (χ4v) is 1.93. The zero-order chi connectivity index (χ0) is 13.2. The molecule has 0 atom stereocenters. The molecule has 1 aliphatic carbocycles. The highest BCUT2D eigenvalue weighted by molar-refractivity contribution is 6.02. The van der Waals surface area contributed by atoms with Crippen molar-refractivity contribution in [3.05, 3.63) is 18.0 Å². The molecule has 1 saturated heterocycles. The Morgan fingerprint density at radius 3 is 2.42 bits per heavy atom. The molecule has 1 aliphatic heterocycles. The molecular weight excluding hydrogens is 246 g/mol. The van der Waals surface area contributed by atoms with Gasteiger partial charge in [-0.25, -0.2) is 9.97 Å². The molecule has 1 aromatic rings. The first-order valence-electron chi connectivity index (χ1n) is 6.32. The Bertz CT molecular complexity index is 481. The number of aromatic nitrogens is 2. The SMILES string of the molecule is O=C1CN(c2ncc(CNC3CC3)cn2)CC(=O)N1. The van der Waals surface area contributed by atoms with Crippen LogP contribution in [0, 0.1) is 0 Å². The summed E-state index contributed by atoms with van der Waals surface area (Å²) in [5.41, 5.74) is 1.00. The molecular formula is C12H15N5O2. The maximum Gasteiger partial charge on any atom is 0.246 e. The number of nitrogens with one attached hydrogen (secondary N) is 2. The van der Waals surface area contributed by atoms with E-state index in [-0.39, 0.29) is 24.9 Å². The van der Waals surface area contributed by atoms with E-state index in [1.807, 2.05) is 0 Å². The second-order valence-corrected chi connectivity index (χ2v) is 4.87. The van der Waals surface area contributed by atoms with Crippen molar-refractivity contribution < 1.29 is 9.59 Å². The van der Waals surface area contributed by atoms with Crippen molar-refractivity contribution in [3.8, 4) is 0 Å². The molecule has 100 valence electrons. The largest absolute Gasteiger partial charge is 0.322 e. The van der Waals surface area contributed by atoms with Gasteiger partial charge in [-0.1, -0.05) is 0 Å². The fourth-order valence-electron chi connectivity index (χ4n) is 1.93. The number of rotatable bonds is 4. The number of piperazine rings is 1. The van der Waals surface area contributed by atoms with Gasteiger partial charge in [-0.3, -0.25) is 14.9 Å². The van der Waals surface area contributed by atoms with Crippen LogP contribution in [0.25, 0.3) is 0 Å². The summed E-state index contributed by atoms with van der Waals surface area (Å²) in [6, 6.07) is 0.642. The summed E-state index contributed by atoms with van der Waals surface area (Å²) in [6.07, 6.45) is 5.94. The molecule has 19 heavy (non-hydrogen) atoms. The minimum atomic E-state index is -0.320. The van der Waals surface area contributed by atoms with Crippen molar-refractivity contribution in [2.75, 3.05) is 18.0 Å². The highest BCUT2D eigenvalue weighted by Crippen LogP contribution is 2.19. The Kier molecular flexibility index (Phi) is 3.12. The van der Waals surface area contributed by atoms with Crippen LogP contribution >= 0.6 is 0 Å². The summed E-state index contributed by atoms with van der Waals surface area (Å²) < 4.78 is 0. The third-order valence-corrected chi connectivity index (χ3v) is 3.09. The smallest absolute Gasteiger partial charge is 0.246 e. The summed E-state index contributed by atoms with van der Waals surface area (Å²) in [5.74, 6) is -0.225. The van der Waals surface area contributed by atoms with Crippen LogP contribution in [0.5, 0.6) is 0 Å². The van der Waals surface area contributed by atoms with Crippen LogP contribution < -0.4 is 15.5 Å². The number of imide groups is 1. The van der Waals surface area contributed by atoms with E-state index in [0.29, 0.717) is 12.0 Å². The van der Waals surface area contributed by atoms with Crippen LogP contribution in [-0.4, -0.2) is 40.9 Å². The lowest BCUT2D eigenvalue weighted by atomic mass is 10.3. The molecule has 7 nitrogen and oxygen atoms in total. The summed E-state index contributed by atoms with van der Waals surface area (Å²) in [7, 11) is 0. The average molecular weight is 261 g/mol. The van der Waals surface area contributed by atoms with Gasteiger partial charge in [0, 0.05) is 30.5 Å². The van der Waals surface area contributed by atoms with Crippen molar-refractivity contribution in [1.29, 1.82) is 0 Å². The third-order valence-electron chi connectivity index (χ3n) is 3.09.